The lowest BCUT2D eigenvalue weighted by molar-refractivity contribution is -0.274. The van der Waals surface area contributed by atoms with Gasteiger partial charge in [-0.05, 0) is 6.07 Å². The Morgan fingerprint density at radius 2 is 2.08 bits per heavy atom. The first-order chi connectivity index (χ1) is 6.01. The van der Waals surface area contributed by atoms with Crippen LogP contribution < -0.4 is 4.74 Å². The molecule has 1 aromatic rings. The Bertz CT molecular complexity index is 311. The van der Waals surface area contributed by atoms with Crippen molar-refractivity contribution in [1.82, 2.24) is 4.98 Å². The predicted molar refractivity (Wildman–Crippen MR) is 36.3 cm³/mol. The molecule has 1 heterocycles. The Morgan fingerprint density at radius 1 is 1.38 bits per heavy atom. The molecule has 0 atom stereocenters. The summed E-state index contributed by atoms with van der Waals surface area (Å²) in [5, 5.41) is 0. The zero-order valence-corrected chi connectivity index (χ0v) is 6.21. The highest BCUT2D eigenvalue weighted by molar-refractivity contribution is 5.74. The summed E-state index contributed by atoms with van der Waals surface area (Å²) >= 11 is 0. The van der Waals surface area contributed by atoms with Crippen molar-refractivity contribution in [2.24, 2.45) is 0 Å². The number of aldehydes is 1. The Kier molecular flexibility index (Phi) is 2.50. The summed E-state index contributed by atoms with van der Waals surface area (Å²) in [6.07, 6.45) is -2.36. The average Bonchev–Trinajstić information content (AvgIpc) is 2.01. The first-order valence-electron chi connectivity index (χ1n) is 3.17. The molecule has 0 aliphatic rings. The van der Waals surface area contributed by atoms with E-state index in [-0.39, 0.29) is 5.56 Å². The average molecular weight is 191 g/mol. The van der Waals surface area contributed by atoms with E-state index in [1.54, 1.807) is 0 Å². The molecule has 0 N–H and O–H groups in total. The molecule has 0 amide bonds. The molecule has 13 heavy (non-hydrogen) atoms. The van der Waals surface area contributed by atoms with Gasteiger partial charge in [-0.1, -0.05) is 0 Å². The highest BCUT2D eigenvalue weighted by atomic mass is 19.4. The number of ether oxygens (including phenoxy) is 1. The Balaban J connectivity index is 2.84. The standard InChI is InChI=1S/C7H4F3NO2/c8-7(9,10)13-6-1-5(4-12)2-11-3-6/h1-4H. The van der Waals surface area contributed by atoms with Crippen LogP contribution in [0.15, 0.2) is 18.5 Å². The van der Waals surface area contributed by atoms with Gasteiger partial charge in [0.25, 0.3) is 0 Å². The Morgan fingerprint density at radius 3 is 2.62 bits per heavy atom. The van der Waals surface area contributed by atoms with E-state index in [9.17, 15) is 18.0 Å². The molecule has 0 aromatic carbocycles. The Labute approximate surface area is 71.2 Å². The quantitative estimate of drug-likeness (QED) is 0.669. The summed E-state index contributed by atoms with van der Waals surface area (Å²) < 4.78 is 38.4. The molecule has 0 spiro atoms. The molecule has 1 aromatic heterocycles. The third kappa shape index (κ3) is 3.10. The van der Waals surface area contributed by atoms with E-state index >= 15 is 0 Å². The molecule has 6 heteroatoms. The fourth-order valence-corrected chi connectivity index (χ4v) is 0.689. The molecule has 0 aliphatic heterocycles. The summed E-state index contributed by atoms with van der Waals surface area (Å²) in [5.41, 5.74) is 0.0294. The van der Waals surface area contributed by atoms with Crippen molar-refractivity contribution in [2.75, 3.05) is 0 Å². The van der Waals surface area contributed by atoms with Crippen molar-refractivity contribution in [3.05, 3.63) is 24.0 Å². The number of nitrogens with zero attached hydrogens (tertiary/aromatic N) is 1. The van der Waals surface area contributed by atoms with E-state index in [0.29, 0.717) is 6.29 Å². The highest BCUT2D eigenvalue weighted by Gasteiger charge is 2.31. The second kappa shape index (κ2) is 3.42. The van der Waals surface area contributed by atoms with Crippen LogP contribution >= 0.6 is 0 Å². The largest absolute Gasteiger partial charge is 0.573 e. The smallest absolute Gasteiger partial charge is 0.404 e. The van der Waals surface area contributed by atoms with Gasteiger partial charge in [0.2, 0.25) is 0 Å². The highest BCUT2D eigenvalue weighted by Crippen LogP contribution is 2.21. The van der Waals surface area contributed by atoms with Crippen LogP contribution in [-0.2, 0) is 0 Å². The molecule has 0 aliphatic carbocycles. The molecule has 0 fully saturated rings. The topological polar surface area (TPSA) is 39.2 Å². The number of alkyl halides is 3. The van der Waals surface area contributed by atoms with Gasteiger partial charge >= 0.3 is 6.36 Å². The predicted octanol–water partition coefficient (Wildman–Crippen LogP) is 1.79. The first-order valence-corrected chi connectivity index (χ1v) is 3.17. The van der Waals surface area contributed by atoms with Gasteiger partial charge in [-0.2, -0.15) is 0 Å². The van der Waals surface area contributed by atoms with E-state index in [4.69, 9.17) is 0 Å². The minimum atomic E-state index is -4.76. The molecule has 3 nitrogen and oxygen atoms in total. The molecule has 0 radical (unpaired) electrons. The second-order valence-electron chi connectivity index (χ2n) is 2.12. The summed E-state index contributed by atoms with van der Waals surface area (Å²) in [7, 11) is 0. The van der Waals surface area contributed by atoms with E-state index in [0.717, 1.165) is 18.5 Å². The fourth-order valence-electron chi connectivity index (χ4n) is 0.689. The van der Waals surface area contributed by atoms with Gasteiger partial charge in [0.1, 0.15) is 5.75 Å². The number of hydrogen-bond acceptors (Lipinski definition) is 3. The fraction of sp³-hybridized carbons (Fsp3) is 0.143. The minimum Gasteiger partial charge on any atom is -0.404 e. The number of halogens is 3. The molecule has 1 rings (SSSR count). The second-order valence-corrected chi connectivity index (χ2v) is 2.12. The maximum absolute atomic E-state index is 11.6. The van der Waals surface area contributed by atoms with Crippen molar-refractivity contribution in [1.29, 1.82) is 0 Å². The zero-order chi connectivity index (χ0) is 9.90. The van der Waals surface area contributed by atoms with Gasteiger partial charge in [-0.3, -0.25) is 9.78 Å². The third-order valence-corrected chi connectivity index (χ3v) is 1.10. The van der Waals surface area contributed by atoms with Crippen molar-refractivity contribution >= 4 is 6.29 Å². The van der Waals surface area contributed by atoms with Crippen LogP contribution in [0.25, 0.3) is 0 Å². The molecular formula is C7H4F3NO2. The maximum Gasteiger partial charge on any atom is 0.573 e. The van der Waals surface area contributed by atoms with Crippen LogP contribution in [0.3, 0.4) is 0 Å². The molecule has 0 unspecified atom stereocenters. The van der Waals surface area contributed by atoms with Crippen molar-refractivity contribution < 1.29 is 22.7 Å². The van der Waals surface area contributed by atoms with Gasteiger partial charge < -0.3 is 4.74 Å². The number of carbonyl (C=O) groups excluding carboxylic acids is 1. The van der Waals surface area contributed by atoms with Gasteiger partial charge in [0.05, 0.1) is 6.20 Å². The van der Waals surface area contributed by atoms with Crippen LogP contribution in [-0.4, -0.2) is 17.6 Å². The number of aromatic nitrogens is 1. The Hall–Kier alpha value is -1.59. The minimum absolute atomic E-state index is 0.0294. The normalized spacial score (nSPS) is 11.0. The van der Waals surface area contributed by atoms with E-state index < -0.39 is 12.1 Å². The lowest BCUT2D eigenvalue weighted by Crippen LogP contribution is -2.17. The SMILES string of the molecule is O=Cc1cncc(OC(F)(F)F)c1. The molecule has 0 saturated carbocycles. The summed E-state index contributed by atoms with van der Waals surface area (Å²) in [5.74, 6) is -0.503. The number of carbonyl (C=O) groups is 1. The van der Waals surface area contributed by atoms with Gasteiger partial charge in [-0.15, -0.1) is 13.2 Å². The number of hydrogen-bond donors (Lipinski definition) is 0. The van der Waals surface area contributed by atoms with Crippen LogP contribution in [0.1, 0.15) is 10.4 Å². The van der Waals surface area contributed by atoms with E-state index in [2.05, 4.69) is 9.72 Å². The number of rotatable bonds is 2. The van der Waals surface area contributed by atoms with Crippen LogP contribution in [0.5, 0.6) is 5.75 Å². The first kappa shape index (κ1) is 9.50. The van der Waals surface area contributed by atoms with Crippen molar-refractivity contribution in [3.8, 4) is 5.75 Å². The lowest BCUT2D eigenvalue weighted by Gasteiger charge is -2.07. The monoisotopic (exact) mass is 191 g/mol. The lowest BCUT2D eigenvalue weighted by atomic mass is 10.3. The van der Waals surface area contributed by atoms with Gasteiger partial charge in [0.15, 0.2) is 6.29 Å². The molecule has 0 saturated heterocycles. The summed E-state index contributed by atoms with van der Waals surface area (Å²) in [6, 6.07) is 0.952. The van der Waals surface area contributed by atoms with Crippen molar-refractivity contribution in [3.63, 3.8) is 0 Å². The molecule has 0 bridgehead atoms. The molecule has 70 valence electrons. The maximum atomic E-state index is 11.6. The van der Waals surface area contributed by atoms with Crippen LogP contribution in [0.4, 0.5) is 13.2 Å². The van der Waals surface area contributed by atoms with Crippen LogP contribution in [0.2, 0.25) is 0 Å². The summed E-state index contributed by atoms with van der Waals surface area (Å²) in [4.78, 5) is 13.5. The zero-order valence-electron chi connectivity index (χ0n) is 6.21. The molecular weight excluding hydrogens is 187 g/mol. The number of pyridine rings is 1. The van der Waals surface area contributed by atoms with Crippen LogP contribution in [0, 0.1) is 0 Å². The third-order valence-electron chi connectivity index (χ3n) is 1.10. The van der Waals surface area contributed by atoms with E-state index in [1.807, 2.05) is 0 Å². The van der Waals surface area contributed by atoms with Gasteiger partial charge in [-0.25, -0.2) is 0 Å². The van der Waals surface area contributed by atoms with Crippen molar-refractivity contribution in [2.45, 2.75) is 6.36 Å². The van der Waals surface area contributed by atoms with E-state index in [1.165, 1.54) is 0 Å². The summed E-state index contributed by atoms with van der Waals surface area (Å²) in [6.45, 7) is 0. The van der Waals surface area contributed by atoms with Gasteiger partial charge in [0, 0.05) is 11.8 Å².